The Hall–Kier alpha value is -2.36. The second-order valence-electron chi connectivity index (χ2n) is 3.83. The molecule has 0 aliphatic carbocycles. The molecule has 1 aromatic heterocycles. The number of halogens is 1. The molecule has 3 nitrogen and oxygen atoms in total. The van der Waals surface area contributed by atoms with E-state index in [1.807, 2.05) is 12.3 Å². The van der Waals surface area contributed by atoms with Gasteiger partial charge in [-0.05, 0) is 35.4 Å². The van der Waals surface area contributed by atoms with Gasteiger partial charge in [-0.2, -0.15) is 0 Å². The number of aromatic nitrogens is 1. The molecule has 1 heterocycles. The summed E-state index contributed by atoms with van der Waals surface area (Å²) in [5, 5.41) is 2.73. The van der Waals surface area contributed by atoms with Crippen LogP contribution in [-0.4, -0.2) is 10.9 Å². The van der Waals surface area contributed by atoms with Crippen LogP contribution in [0.15, 0.2) is 48.8 Å². The molecule has 0 bridgehead atoms. The molecule has 1 amide bonds. The van der Waals surface area contributed by atoms with Gasteiger partial charge in [-0.3, -0.25) is 4.79 Å². The third-order valence-corrected chi connectivity index (χ3v) is 2.40. The number of carbonyl (C=O) groups excluding carboxylic acids is 1. The fourth-order valence-electron chi connectivity index (χ4n) is 1.50. The van der Waals surface area contributed by atoms with Gasteiger partial charge in [0.15, 0.2) is 0 Å². The molecule has 2 N–H and O–H groups in total. The van der Waals surface area contributed by atoms with Crippen molar-refractivity contribution in [3.63, 3.8) is 0 Å². The van der Waals surface area contributed by atoms with E-state index in [0.717, 1.165) is 5.56 Å². The molecule has 92 valence electrons. The van der Waals surface area contributed by atoms with Gasteiger partial charge in [-0.15, -0.1) is 0 Å². The Morgan fingerprint density at radius 3 is 3.00 bits per heavy atom. The summed E-state index contributed by atoms with van der Waals surface area (Å²) in [6.45, 7) is 0.468. The molecule has 0 aliphatic heterocycles. The van der Waals surface area contributed by atoms with Gasteiger partial charge in [0.05, 0.1) is 0 Å². The van der Waals surface area contributed by atoms with Gasteiger partial charge in [-0.1, -0.05) is 12.1 Å². The number of nitrogens with one attached hydrogen (secondary N) is 2. The summed E-state index contributed by atoms with van der Waals surface area (Å²) < 4.78 is 12.9. The smallest absolute Gasteiger partial charge is 0.244 e. The number of benzene rings is 1. The first-order valence-electron chi connectivity index (χ1n) is 5.57. The van der Waals surface area contributed by atoms with Crippen molar-refractivity contribution in [2.45, 2.75) is 6.54 Å². The van der Waals surface area contributed by atoms with Crippen LogP contribution in [0.25, 0.3) is 6.08 Å². The van der Waals surface area contributed by atoms with E-state index in [1.165, 1.54) is 18.2 Å². The normalized spacial score (nSPS) is 10.7. The average molecular weight is 244 g/mol. The van der Waals surface area contributed by atoms with E-state index in [9.17, 15) is 9.18 Å². The van der Waals surface area contributed by atoms with E-state index >= 15 is 0 Å². The maximum atomic E-state index is 12.9. The largest absolute Gasteiger partial charge is 0.367 e. The number of carbonyl (C=O) groups is 1. The number of aromatic amines is 1. The molecular formula is C14H13FN2O. The fourth-order valence-corrected chi connectivity index (χ4v) is 1.50. The zero-order valence-corrected chi connectivity index (χ0v) is 9.69. The zero-order chi connectivity index (χ0) is 12.8. The van der Waals surface area contributed by atoms with Crippen LogP contribution in [0.3, 0.4) is 0 Å². The third kappa shape index (κ3) is 3.59. The summed E-state index contributed by atoms with van der Waals surface area (Å²) in [6.07, 6.45) is 6.58. The Morgan fingerprint density at radius 2 is 2.28 bits per heavy atom. The van der Waals surface area contributed by atoms with E-state index in [1.54, 1.807) is 24.4 Å². The van der Waals surface area contributed by atoms with Crippen molar-refractivity contribution in [2.75, 3.05) is 0 Å². The number of hydrogen-bond donors (Lipinski definition) is 2. The average Bonchev–Trinajstić information content (AvgIpc) is 2.87. The topological polar surface area (TPSA) is 44.9 Å². The van der Waals surface area contributed by atoms with Crippen molar-refractivity contribution in [2.24, 2.45) is 0 Å². The maximum absolute atomic E-state index is 12.9. The monoisotopic (exact) mass is 244 g/mol. The second-order valence-corrected chi connectivity index (χ2v) is 3.83. The molecule has 1 aromatic carbocycles. The second kappa shape index (κ2) is 5.82. The van der Waals surface area contributed by atoms with E-state index in [0.29, 0.717) is 12.1 Å². The first kappa shape index (κ1) is 12.1. The summed E-state index contributed by atoms with van der Waals surface area (Å²) in [6, 6.07) is 7.96. The summed E-state index contributed by atoms with van der Waals surface area (Å²) in [4.78, 5) is 14.4. The predicted molar refractivity (Wildman–Crippen MR) is 68.1 cm³/mol. The maximum Gasteiger partial charge on any atom is 0.244 e. The Labute approximate surface area is 104 Å². The van der Waals surface area contributed by atoms with Gasteiger partial charge in [-0.25, -0.2) is 4.39 Å². The zero-order valence-electron chi connectivity index (χ0n) is 9.69. The quantitative estimate of drug-likeness (QED) is 0.797. The molecule has 0 spiro atoms. The van der Waals surface area contributed by atoms with E-state index in [-0.39, 0.29) is 11.7 Å². The van der Waals surface area contributed by atoms with Crippen LogP contribution in [0.1, 0.15) is 11.1 Å². The lowest BCUT2D eigenvalue weighted by molar-refractivity contribution is -0.116. The summed E-state index contributed by atoms with van der Waals surface area (Å²) in [5.74, 6) is -0.523. The van der Waals surface area contributed by atoms with Gasteiger partial charge in [0.2, 0.25) is 5.91 Å². The fraction of sp³-hybridized carbons (Fsp3) is 0.0714. The molecule has 0 atom stereocenters. The van der Waals surface area contributed by atoms with E-state index in [4.69, 9.17) is 0 Å². The Kier molecular flexibility index (Phi) is 3.91. The van der Waals surface area contributed by atoms with Crippen LogP contribution in [0.2, 0.25) is 0 Å². The number of rotatable bonds is 4. The lowest BCUT2D eigenvalue weighted by Gasteiger charge is -1.99. The highest BCUT2D eigenvalue weighted by molar-refractivity contribution is 5.91. The molecule has 0 unspecified atom stereocenters. The molecule has 0 radical (unpaired) electrons. The highest BCUT2D eigenvalue weighted by Crippen LogP contribution is 2.05. The van der Waals surface area contributed by atoms with Crippen molar-refractivity contribution in [1.82, 2.24) is 10.3 Å². The molecule has 2 aromatic rings. The molecule has 0 saturated heterocycles. The molecule has 18 heavy (non-hydrogen) atoms. The van der Waals surface area contributed by atoms with Crippen LogP contribution >= 0.6 is 0 Å². The lowest BCUT2D eigenvalue weighted by atomic mass is 10.2. The van der Waals surface area contributed by atoms with Crippen LogP contribution in [0, 0.1) is 5.82 Å². The molecule has 0 fully saturated rings. The minimum Gasteiger partial charge on any atom is -0.367 e. The minimum absolute atomic E-state index is 0.208. The van der Waals surface area contributed by atoms with Gasteiger partial charge in [0, 0.05) is 25.0 Å². The number of hydrogen-bond acceptors (Lipinski definition) is 1. The molecule has 4 heteroatoms. The SMILES string of the molecule is O=C(/C=C/c1cccc(F)c1)NCc1cc[nH]c1. The van der Waals surface area contributed by atoms with Gasteiger partial charge in [0.25, 0.3) is 0 Å². The molecular weight excluding hydrogens is 231 g/mol. The van der Waals surface area contributed by atoms with Crippen molar-refractivity contribution >= 4 is 12.0 Å². The first-order valence-corrected chi connectivity index (χ1v) is 5.57. The van der Waals surface area contributed by atoms with E-state index in [2.05, 4.69) is 10.3 Å². The number of amides is 1. The summed E-state index contributed by atoms with van der Waals surface area (Å²) >= 11 is 0. The molecule has 2 rings (SSSR count). The van der Waals surface area contributed by atoms with Gasteiger partial charge >= 0.3 is 0 Å². The molecule has 0 aliphatic rings. The third-order valence-electron chi connectivity index (χ3n) is 2.40. The number of H-pyrrole nitrogens is 1. The van der Waals surface area contributed by atoms with Crippen LogP contribution in [-0.2, 0) is 11.3 Å². The van der Waals surface area contributed by atoms with Crippen molar-refractivity contribution in [1.29, 1.82) is 0 Å². The van der Waals surface area contributed by atoms with Crippen LogP contribution in [0.5, 0.6) is 0 Å². The van der Waals surface area contributed by atoms with Gasteiger partial charge < -0.3 is 10.3 Å². The Bertz CT molecular complexity index is 547. The lowest BCUT2D eigenvalue weighted by Crippen LogP contribution is -2.19. The summed E-state index contributed by atoms with van der Waals surface area (Å²) in [7, 11) is 0. The van der Waals surface area contributed by atoms with Crippen LogP contribution in [0.4, 0.5) is 4.39 Å². The Morgan fingerprint density at radius 1 is 1.39 bits per heavy atom. The van der Waals surface area contributed by atoms with Crippen molar-refractivity contribution in [3.8, 4) is 0 Å². The van der Waals surface area contributed by atoms with E-state index < -0.39 is 0 Å². The van der Waals surface area contributed by atoms with Gasteiger partial charge in [0.1, 0.15) is 5.82 Å². The molecule has 0 saturated carbocycles. The van der Waals surface area contributed by atoms with Crippen LogP contribution < -0.4 is 5.32 Å². The standard InChI is InChI=1S/C14H13FN2O/c15-13-3-1-2-11(8-13)4-5-14(18)17-10-12-6-7-16-9-12/h1-9,16H,10H2,(H,17,18)/b5-4+. The highest BCUT2D eigenvalue weighted by atomic mass is 19.1. The van der Waals surface area contributed by atoms with Crippen molar-refractivity contribution in [3.05, 3.63) is 65.7 Å². The summed E-state index contributed by atoms with van der Waals surface area (Å²) in [5.41, 5.74) is 1.66. The minimum atomic E-state index is -0.315. The van der Waals surface area contributed by atoms with Crippen molar-refractivity contribution < 1.29 is 9.18 Å². The Balaban J connectivity index is 1.87. The predicted octanol–water partition coefficient (Wildman–Crippen LogP) is 2.48. The highest BCUT2D eigenvalue weighted by Gasteiger charge is 1.97. The first-order chi connectivity index (χ1) is 8.74.